The van der Waals surface area contributed by atoms with Crippen LogP contribution < -0.4 is 10.6 Å². The SMILES string of the molecule is CCC(=O)Nc1ccc(SC[C@](C)(O)C(=O)Nc2ccc(C#N)c(C(F)(F)F)c2)cc1. The molecule has 0 unspecified atom stereocenters. The Morgan fingerprint density at radius 1 is 1.10 bits per heavy atom. The van der Waals surface area contributed by atoms with Crippen LogP contribution in [-0.4, -0.2) is 28.3 Å². The molecular weight excluding hydrogens is 431 g/mol. The molecule has 2 aromatic carbocycles. The number of nitrogens with one attached hydrogen (secondary N) is 2. The summed E-state index contributed by atoms with van der Waals surface area (Å²) >= 11 is 1.17. The molecule has 0 aromatic heterocycles. The van der Waals surface area contributed by atoms with Crippen LogP contribution in [0.4, 0.5) is 24.5 Å². The molecule has 31 heavy (non-hydrogen) atoms. The largest absolute Gasteiger partial charge is 0.417 e. The Morgan fingerprint density at radius 3 is 2.26 bits per heavy atom. The Bertz CT molecular complexity index is 1000. The van der Waals surface area contributed by atoms with E-state index < -0.39 is 28.8 Å². The number of carbonyl (C=O) groups excluding carboxylic acids is 2. The first kappa shape index (κ1) is 24.2. The van der Waals surface area contributed by atoms with E-state index in [-0.39, 0.29) is 17.3 Å². The zero-order chi connectivity index (χ0) is 23.2. The van der Waals surface area contributed by atoms with Gasteiger partial charge in [-0.15, -0.1) is 11.8 Å². The summed E-state index contributed by atoms with van der Waals surface area (Å²) in [6.07, 6.45) is -4.41. The van der Waals surface area contributed by atoms with E-state index in [4.69, 9.17) is 5.26 Å². The Hall–Kier alpha value is -3.03. The van der Waals surface area contributed by atoms with Crippen LogP contribution in [0.25, 0.3) is 0 Å². The van der Waals surface area contributed by atoms with Gasteiger partial charge >= 0.3 is 6.18 Å². The van der Waals surface area contributed by atoms with Crippen molar-refractivity contribution in [2.24, 2.45) is 0 Å². The minimum Gasteiger partial charge on any atom is -0.379 e. The zero-order valence-corrected chi connectivity index (χ0v) is 17.5. The molecule has 0 heterocycles. The van der Waals surface area contributed by atoms with Crippen molar-refractivity contribution in [3.05, 3.63) is 53.6 Å². The second kappa shape index (κ2) is 9.85. The van der Waals surface area contributed by atoms with Gasteiger partial charge in [-0.1, -0.05) is 6.92 Å². The van der Waals surface area contributed by atoms with Crippen LogP contribution >= 0.6 is 11.8 Å². The summed E-state index contributed by atoms with van der Waals surface area (Å²) in [5.74, 6) is -1.08. The molecule has 164 valence electrons. The number of thioether (sulfide) groups is 1. The molecule has 10 heteroatoms. The smallest absolute Gasteiger partial charge is 0.379 e. The van der Waals surface area contributed by atoms with Crippen LogP contribution in [-0.2, 0) is 15.8 Å². The average Bonchev–Trinajstić information content (AvgIpc) is 2.72. The number of nitriles is 1. The van der Waals surface area contributed by atoms with E-state index in [2.05, 4.69) is 10.6 Å². The molecule has 0 aliphatic carbocycles. The third-order valence-electron chi connectivity index (χ3n) is 4.17. The highest BCUT2D eigenvalue weighted by Gasteiger charge is 2.35. The summed E-state index contributed by atoms with van der Waals surface area (Å²) < 4.78 is 39.2. The fraction of sp³-hybridized carbons (Fsp3) is 0.286. The quantitative estimate of drug-likeness (QED) is 0.542. The normalized spacial score (nSPS) is 13.1. The average molecular weight is 451 g/mol. The van der Waals surface area contributed by atoms with Gasteiger partial charge in [0.2, 0.25) is 5.91 Å². The van der Waals surface area contributed by atoms with Gasteiger partial charge < -0.3 is 15.7 Å². The van der Waals surface area contributed by atoms with Gasteiger partial charge in [0, 0.05) is 28.4 Å². The van der Waals surface area contributed by atoms with Crippen molar-refractivity contribution in [3.63, 3.8) is 0 Å². The van der Waals surface area contributed by atoms with E-state index in [9.17, 15) is 27.9 Å². The van der Waals surface area contributed by atoms with Gasteiger partial charge in [-0.3, -0.25) is 9.59 Å². The molecule has 0 aliphatic rings. The van der Waals surface area contributed by atoms with E-state index in [1.54, 1.807) is 31.2 Å². The summed E-state index contributed by atoms with van der Waals surface area (Å²) in [4.78, 5) is 24.5. The van der Waals surface area contributed by atoms with Gasteiger partial charge in [-0.25, -0.2) is 0 Å². The molecule has 0 fully saturated rings. The highest BCUT2D eigenvalue weighted by Crippen LogP contribution is 2.34. The lowest BCUT2D eigenvalue weighted by Gasteiger charge is -2.22. The monoisotopic (exact) mass is 451 g/mol. The standard InChI is InChI=1S/C21H20F3N3O3S/c1-3-18(28)26-14-6-8-16(9-7-14)31-12-20(2,30)19(29)27-15-5-4-13(11-25)17(10-15)21(22,23)24/h4-10,30H,3,12H2,1-2H3,(H,26,28)(H,27,29)/t20-/m0/s1. The summed E-state index contributed by atoms with van der Waals surface area (Å²) in [6, 6.07) is 11.0. The summed E-state index contributed by atoms with van der Waals surface area (Å²) in [5.41, 5.74) is -3.19. The third-order valence-corrected chi connectivity index (χ3v) is 5.48. The van der Waals surface area contributed by atoms with Crippen LogP contribution in [0.1, 0.15) is 31.4 Å². The van der Waals surface area contributed by atoms with E-state index in [0.29, 0.717) is 18.2 Å². The molecule has 0 saturated heterocycles. The number of nitrogens with zero attached hydrogens (tertiary/aromatic N) is 1. The molecule has 2 aromatic rings. The Labute approximate surface area is 181 Å². The molecule has 2 rings (SSSR count). The first-order chi connectivity index (χ1) is 14.5. The Kier molecular flexibility index (Phi) is 7.70. The van der Waals surface area contributed by atoms with Gasteiger partial charge in [0.25, 0.3) is 5.91 Å². The molecule has 0 aliphatic heterocycles. The predicted molar refractivity (Wildman–Crippen MR) is 111 cm³/mol. The molecule has 0 radical (unpaired) electrons. The lowest BCUT2D eigenvalue weighted by atomic mass is 10.1. The number of anilines is 2. The second-order valence-electron chi connectivity index (χ2n) is 6.81. The van der Waals surface area contributed by atoms with Crippen molar-refractivity contribution in [3.8, 4) is 6.07 Å². The zero-order valence-electron chi connectivity index (χ0n) is 16.7. The van der Waals surface area contributed by atoms with Crippen LogP contribution in [0.3, 0.4) is 0 Å². The van der Waals surface area contributed by atoms with Crippen molar-refractivity contribution in [2.45, 2.75) is 36.9 Å². The summed E-state index contributed by atoms with van der Waals surface area (Å²) in [6.45, 7) is 2.98. The van der Waals surface area contributed by atoms with Crippen LogP contribution in [0.5, 0.6) is 0 Å². The molecule has 0 spiro atoms. The highest BCUT2D eigenvalue weighted by molar-refractivity contribution is 7.99. The van der Waals surface area contributed by atoms with Gasteiger partial charge in [0.15, 0.2) is 0 Å². The topological polar surface area (TPSA) is 102 Å². The molecule has 3 N–H and O–H groups in total. The van der Waals surface area contributed by atoms with Crippen LogP contribution in [0.15, 0.2) is 47.4 Å². The molecular formula is C21H20F3N3O3S. The maximum Gasteiger partial charge on any atom is 0.417 e. The fourth-order valence-electron chi connectivity index (χ4n) is 2.39. The fourth-order valence-corrected chi connectivity index (χ4v) is 3.30. The number of hydrogen-bond donors (Lipinski definition) is 3. The summed E-state index contributed by atoms with van der Waals surface area (Å²) in [7, 11) is 0. The highest BCUT2D eigenvalue weighted by atomic mass is 32.2. The van der Waals surface area contributed by atoms with Crippen molar-refractivity contribution in [2.75, 3.05) is 16.4 Å². The lowest BCUT2D eigenvalue weighted by molar-refractivity contribution is -0.137. The molecule has 2 amide bonds. The molecule has 6 nitrogen and oxygen atoms in total. The number of alkyl halides is 3. The Balaban J connectivity index is 2.03. The van der Waals surface area contributed by atoms with E-state index in [1.165, 1.54) is 24.8 Å². The number of hydrogen-bond acceptors (Lipinski definition) is 5. The number of halogens is 3. The minimum atomic E-state index is -4.76. The van der Waals surface area contributed by atoms with Gasteiger partial charge in [-0.2, -0.15) is 18.4 Å². The van der Waals surface area contributed by atoms with E-state index >= 15 is 0 Å². The number of aliphatic hydroxyl groups is 1. The molecule has 0 saturated carbocycles. The number of amides is 2. The van der Waals surface area contributed by atoms with Gasteiger partial charge in [0.05, 0.1) is 17.2 Å². The lowest BCUT2D eigenvalue weighted by Crippen LogP contribution is -2.42. The van der Waals surface area contributed by atoms with Crippen molar-refractivity contribution in [1.82, 2.24) is 0 Å². The summed E-state index contributed by atoms with van der Waals surface area (Å²) in [5, 5.41) is 24.3. The number of benzene rings is 2. The minimum absolute atomic E-state index is 0.0676. The maximum absolute atomic E-state index is 13.1. The first-order valence-electron chi connectivity index (χ1n) is 9.14. The molecule has 1 atom stereocenters. The van der Waals surface area contributed by atoms with Crippen LogP contribution in [0.2, 0.25) is 0 Å². The van der Waals surface area contributed by atoms with E-state index in [1.807, 2.05) is 0 Å². The van der Waals surface area contributed by atoms with Crippen molar-refractivity contribution < 1.29 is 27.9 Å². The van der Waals surface area contributed by atoms with Gasteiger partial charge in [-0.05, 0) is 49.4 Å². The van der Waals surface area contributed by atoms with Gasteiger partial charge in [0.1, 0.15) is 5.60 Å². The predicted octanol–water partition coefficient (Wildman–Crippen LogP) is 4.41. The van der Waals surface area contributed by atoms with E-state index in [0.717, 1.165) is 17.0 Å². The van der Waals surface area contributed by atoms with Crippen LogP contribution in [0, 0.1) is 11.3 Å². The number of rotatable bonds is 7. The Morgan fingerprint density at radius 2 is 1.71 bits per heavy atom. The second-order valence-corrected chi connectivity index (χ2v) is 7.86. The maximum atomic E-state index is 13.1. The first-order valence-corrected chi connectivity index (χ1v) is 10.1. The number of carbonyl (C=O) groups is 2. The third kappa shape index (κ3) is 6.73. The molecule has 0 bridgehead atoms. The van der Waals surface area contributed by atoms with Crippen molar-refractivity contribution in [1.29, 1.82) is 5.26 Å². The van der Waals surface area contributed by atoms with Crippen molar-refractivity contribution >= 4 is 35.0 Å².